The molecule has 0 saturated carbocycles. The van der Waals surface area contributed by atoms with Crippen molar-refractivity contribution in [2.75, 3.05) is 13.6 Å². The van der Waals surface area contributed by atoms with Gasteiger partial charge in [-0.1, -0.05) is 30.3 Å². The summed E-state index contributed by atoms with van der Waals surface area (Å²) in [6.45, 7) is 2.73. The first-order valence-electron chi connectivity index (χ1n) is 7.76. The standard InChI is InChI=1S/C19H23NO3/c1-15(21)12-13-20(2)19(22)17-10-8-16(9-11-17)14-23-18-6-4-3-5-7-18/h3-11,15,21H,12-14H2,1-2H3. The van der Waals surface area contributed by atoms with Crippen molar-refractivity contribution in [1.29, 1.82) is 0 Å². The smallest absolute Gasteiger partial charge is 0.253 e. The van der Waals surface area contributed by atoms with Gasteiger partial charge in [0.05, 0.1) is 6.10 Å². The molecule has 1 amide bonds. The molecule has 2 aromatic rings. The number of hydrogen-bond acceptors (Lipinski definition) is 3. The lowest BCUT2D eigenvalue weighted by atomic mass is 10.1. The van der Waals surface area contributed by atoms with Crippen LogP contribution in [0.25, 0.3) is 0 Å². The Labute approximate surface area is 137 Å². The molecule has 0 bridgehead atoms. The molecule has 0 aliphatic rings. The molecule has 4 heteroatoms. The highest BCUT2D eigenvalue weighted by Crippen LogP contribution is 2.13. The van der Waals surface area contributed by atoms with Gasteiger partial charge in [0.1, 0.15) is 12.4 Å². The Bertz CT molecular complexity index is 608. The molecular weight excluding hydrogens is 290 g/mol. The van der Waals surface area contributed by atoms with Crippen LogP contribution in [0.4, 0.5) is 0 Å². The molecule has 2 rings (SSSR count). The third-order valence-corrected chi connectivity index (χ3v) is 3.58. The minimum absolute atomic E-state index is 0.0406. The van der Waals surface area contributed by atoms with Gasteiger partial charge in [0.25, 0.3) is 5.91 Å². The third-order valence-electron chi connectivity index (χ3n) is 3.58. The number of amides is 1. The van der Waals surface area contributed by atoms with Crippen LogP contribution in [0.15, 0.2) is 54.6 Å². The van der Waals surface area contributed by atoms with Crippen LogP contribution < -0.4 is 4.74 Å². The quantitative estimate of drug-likeness (QED) is 0.854. The maximum Gasteiger partial charge on any atom is 0.253 e. The fourth-order valence-corrected chi connectivity index (χ4v) is 2.13. The van der Waals surface area contributed by atoms with Crippen molar-refractivity contribution < 1.29 is 14.6 Å². The van der Waals surface area contributed by atoms with Crippen molar-refractivity contribution in [1.82, 2.24) is 4.90 Å². The summed E-state index contributed by atoms with van der Waals surface area (Å²) in [7, 11) is 1.75. The van der Waals surface area contributed by atoms with Gasteiger partial charge in [0, 0.05) is 19.2 Å². The van der Waals surface area contributed by atoms with Crippen molar-refractivity contribution in [2.45, 2.75) is 26.1 Å². The molecule has 0 aliphatic heterocycles. The van der Waals surface area contributed by atoms with Crippen molar-refractivity contribution in [3.05, 3.63) is 65.7 Å². The lowest BCUT2D eigenvalue weighted by molar-refractivity contribution is 0.0769. The number of para-hydroxylation sites is 1. The zero-order valence-electron chi connectivity index (χ0n) is 13.6. The van der Waals surface area contributed by atoms with Crippen molar-refractivity contribution in [2.24, 2.45) is 0 Å². The monoisotopic (exact) mass is 313 g/mol. The second-order valence-electron chi connectivity index (χ2n) is 5.66. The number of rotatable bonds is 7. The summed E-state index contributed by atoms with van der Waals surface area (Å²) in [4.78, 5) is 13.9. The van der Waals surface area contributed by atoms with E-state index in [-0.39, 0.29) is 5.91 Å². The van der Waals surface area contributed by atoms with Crippen molar-refractivity contribution in [3.63, 3.8) is 0 Å². The molecule has 1 N–H and O–H groups in total. The summed E-state index contributed by atoms with van der Waals surface area (Å²) in [5, 5.41) is 9.29. The first-order chi connectivity index (χ1) is 11.1. The zero-order chi connectivity index (χ0) is 16.7. The highest BCUT2D eigenvalue weighted by molar-refractivity contribution is 5.94. The van der Waals surface area contributed by atoms with E-state index in [2.05, 4.69) is 0 Å². The van der Waals surface area contributed by atoms with E-state index in [1.165, 1.54) is 0 Å². The third kappa shape index (κ3) is 5.42. The van der Waals surface area contributed by atoms with E-state index in [1.807, 2.05) is 54.6 Å². The maximum atomic E-state index is 12.3. The Balaban J connectivity index is 1.89. The van der Waals surface area contributed by atoms with Gasteiger partial charge in [-0.15, -0.1) is 0 Å². The van der Waals surface area contributed by atoms with Gasteiger partial charge < -0.3 is 14.7 Å². The average molecular weight is 313 g/mol. The summed E-state index contributed by atoms with van der Waals surface area (Å²) in [5.74, 6) is 0.784. The molecule has 0 saturated heterocycles. The van der Waals surface area contributed by atoms with Gasteiger partial charge in [-0.2, -0.15) is 0 Å². The summed E-state index contributed by atoms with van der Waals surface area (Å²) >= 11 is 0. The number of benzene rings is 2. The predicted molar refractivity (Wildman–Crippen MR) is 90.5 cm³/mol. The van der Waals surface area contributed by atoms with Crippen LogP contribution in [0.5, 0.6) is 5.75 Å². The highest BCUT2D eigenvalue weighted by Gasteiger charge is 2.12. The Morgan fingerprint density at radius 1 is 1.13 bits per heavy atom. The van der Waals surface area contributed by atoms with Crippen LogP contribution in [0.1, 0.15) is 29.3 Å². The number of nitrogens with zero attached hydrogens (tertiary/aromatic N) is 1. The molecule has 23 heavy (non-hydrogen) atoms. The van der Waals surface area contributed by atoms with Gasteiger partial charge >= 0.3 is 0 Å². The highest BCUT2D eigenvalue weighted by atomic mass is 16.5. The summed E-state index contributed by atoms with van der Waals surface area (Å²) in [6.07, 6.45) is 0.174. The summed E-state index contributed by atoms with van der Waals surface area (Å²) in [6, 6.07) is 17.1. The molecule has 1 unspecified atom stereocenters. The topological polar surface area (TPSA) is 49.8 Å². The lowest BCUT2D eigenvalue weighted by Gasteiger charge is -2.18. The largest absolute Gasteiger partial charge is 0.489 e. The number of ether oxygens (including phenoxy) is 1. The molecular formula is C19H23NO3. The lowest BCUT2D eigenvalue weighted by Crippen LogP contribution is -2.29. The molecule has 1 atom stereocenters. The van der Waals surface area contributed by atoms with Gasteiger partial charge in [-0.25, -0.2) is 0 Å². The van der Waals surface area contributed by atoms with E-state index in [9.17, 15) is 9.90 Å². The number of aliphatic hydroxyl groups excluding tert-OH is 1. The Hall–Kier alpha value is -2.33. The van der Waals surface area contributed by atoms with E-state index in [0.29, 0.717) is 25.1 Å². The minimum atomic E-state index is -0.400. The first-order valence-corrected chi connectivity index (χ1v) is 7.76. The fraction of sp³-hybridized carbons (Fsp3) is 0.316. The van der Waals surface area contributed by atoms with E-state index in [1.54, 1.807) is 18.9 Å². The van der Waals surface area contributed by atoms with Gasteiger partial charge in [-0.05, 0) is 43.2 Å². The van der Waals surface area contributed by atoms with Gasteiger partial charge in [0.2, 0.25) is 0 Å². The van der Waals surface area contributed by atoms with Crippen LogP contribution in [0.2, 0.25) is 0 Å². The minimum Gasteiger partial charge on any atom is -0.489 e. The first kappa shape index (κ1) is 17.0. The second kappa shape index (κ2) is 8.34. The zero-order valence-corrected chi connectivity index (χ0v) is 13.6. The molecule has 0 aromatic heterocycles. The maximum absolute atomic E-state index is 12.3. The van der Waals surface area contributed by atoms with Crippen LogP contribution in [0, 0.1) is 0 Å². The summed E-state index contributed by atoms with van der Waals surface area (Å²) < 4.78 is 5.68. The van der Waals surface area contributed by atoms with Gasteiger partial charge in [0.15, 0.2) is 0 Å². The molecule has 0 radical (unpaired) electrons. The van der Waals surface area contributed by atoms with Crippen molar-refractivity contribution >= 4 is 5.91 Å². The number of aliphatic hydroxyl groups is 1. The second-order valence-corrected chi connectivity index (χ2v) is 5.66. The van der Waals surface area contributed by atoms with Crippen molar-refractivity contribution in [3.8, 4) is 5.75 Å². The van der Waals surface area contributed by atoms with E-state index in [0.717, 1.165) is 11.3 Å². The van der Waals surface area contributed by atoms with E-state index >= 15 is 0 Å². The summed E-state index contributed by atoms with van der Waals surface area (Å²) in [5.41, 5.74) is 1.65. The predicted octanol–water partition coefficient (Wildman–Crippen LogP) is 3.11. The molecule has 0 spiro atoms. The molecule has 0 heterocycles. The molecule has 122 valence electrons. The molecule has 0 aliphatic carbocycles. The normalized spacial score (nSPS) is 11.8. The average Bonchev–Trinajstić information content (AvgIpc) is 2.58. The number of carbonyl (C=O) groups is 1. The Morgan fingerprint density at radius 3 is 2.39 bits per heavy atom. The molecule has 2 aromatic carbocycles. The molecule has 4 nitrogen and oxygen atoms in total. The molecule has 0 fully saturated rings. The van der Waals surface area contributed by atoms with Gasteiger partial charge in [-0.3, -0.25) is 4.79 Å². The van der Waals surface area contributed by atoms with Crippen LogP contribution in [0.3, 0.4) is 0 Å². The van der Waals surface area contributed by atoms with E-state index < -0.39 is 6.10 Å². The fourth-order valence-electron chi connectivity index (χ4n) is 2.13. The van der Waals surface area contributed by atoms with E-state index in [4.69, 9.17) is 4.74 Å². The number of hydrogen-bond donors (Lipinski definition) is 1. The van der Waals surface area contributed by atoms with Crippen LogP contribution in [-0.4, -0.2) is 35.6 Å². The van der Waals surface area contributed by atoms with Crippen LogP contribution >= 0.6 is 0 Å². The van der Waals surface area contributed by atoms with Crippen LogP contribution in [-0.2, 0) is 6.61 Å². The Morgan fingerprint density at radius 2 is 1.78 bits per heavy atom. The Kier molecular flexibility index (Phi) is 6.18. The number of carbonyl (C=O) groups excluding carboxylic acids is 1. The SMILES string of the molecule is CC(O)CCN(C)C(=O)c1ccc(COc2ccccc2)cc1.